The van der Waals surface area contributed by atoms with E-state index < -0.39 is 0 Å². The summed E-state index contributed by atoms with van der Waals surface area (Å²) in [6, 6.07) is 9.83. The van der Waals surface area contributed by atoms with Crippen molar-refractivity contribution >= 4 is 17.5 Å². The van der Waals surface area contributed by atoms with Crippen molar-refractivity contribution in [3.05, 3.63) is 36.0 Å². The highest BCUT2D eigenvalue weighted by Gasteiger charge is 2.09. The van der Waals surface area contributed by atoms with Gasteiger partial charge in [-0.15, -0.1) is 0 Å². The van der Waals surface area contributed by atoms with Crippen LogP contribution < -0.4 is 15.0 Å². The molecule has 0 aliphatic rings. The second kappa shape index (κ2) is 8.36. The van der Waals surface area contributed by atoms with E-state index in [1.807, 2.05) is 51.2 Å². The predicted octanol–water partition coefficient (Wildman–Crippen LogP) is 4.16. The Kier molecular flexibility index (Phi) is 6.20. The average molecular weight is 314 g/mol. The van der Waals surface area contributed by atoms with Gasteiger partial charge in [-0.05, 0) is 32.4 Å². The molecular weight excluding hydrogens is 288 g/mol. The molecule has 0 spiro atoms. The highest BCUT2D eigenvalue weighted by atomic mass is 16.5. The summed E-state index contributed by atoms with van der Waals surface area (Å²) in [5.41, 5.74) is 1.85. The SMILES string of the molecule is CCCCN(C)c1nc(C)cc(Nc2ccccc2OCC)n1. The Morgan fingerprint density at radius 3 is 2.70 bits per heavy atom. The second-order valence-electron chi connectivity index (χ2n) is 5.52. The van der Waals surface area contributed by atoms with Gasteiger partial charge in [0.15, 0.2) is 0 Å². The molecule has 2 rings (SSSR count). The molecule has 0 fully saturated rings. The van der Waals surface area contributed by atoms with Crippen molar-refractivity contribution in [1.29, 1.82) is 0 Å². The molecule has 0 radical (unpaired) electrons. The molecule has 1 aromatic carbocycles. The molecule has 0 aliphatic carbocycles. The number of rotatable bonds is 8. The fourth-order valence-corrected chi connectivity index (χ4v) is 2.27. The van der Waals surface area contributed by atoms with Gasteiger partial charge >= 0.3 is 0 Å². The molecule has 5 heteroatoms. The standard InChI is InChI=1S/C18H26N4O/c1-5-7-12-22(4)18-19-14(3)13-17(21-18)20-15-10-8-9-11-16(15)23-6-2/h8-11,13H,5-7,12H2,1-4H3,(H,19,20,21). The molecule has 1 heterocycles. The van der Waals surface area contributed by atoms with Gasteiger partial charge < -0.3 is 15.0 Å². The van der Waals surface area contributed by atoms with Crippen LogP contribution in [0.2, 0.25) is 0 Å². The van der Waals surface area contributed by atoms with Crippen molar-refractivity contribution in [1.82, 2.24) is 9.97 Å². The number of aryl methyl sites for hydroxylation is 1. The van der Waals surface area contributed by atoms with Gasteiger partial charge in [0.2, 0.25) is 5.95 Å². The van der Waals surface area contributed by atoms with Crippen molar-refractivity contribution in [3.63, 3.8) is 0 Å². The lowest BCUT2D eigenvalue weighted by atomic mass is 10.3. The fraction of sp³-hybridized carbons (Fsp3) is 0.444. The van der Waals surface area contributed by atoms with E-state index in [4.69, 9.17) is 4.74 Å². The van der Waals surface area contributed by atoms with Gasteiger partial charge in [-0.3, -0.25) is 0 Å². The number of nitrogens with one attached hydrogen (secondary N) is 1. The molecule has 23 heavy (non-hydrogen) atoms. The lowest BCUT2D eigenvalue weighted by Gasteiger charge is -2.18. The zero-order chi connectivity index (χ0) is 16.7. The number of unbranched alkanes of at least 4 members (excludes halogenated alkanes) is 1. The molecule has 0 aliphatic heterocycles. The molecule has 5 nitrogen and oxygen atoms in total. The lowest BCUT2D eigenvalue weighted by molar-refractivity contribution is 0.342. The molecule has 124 valence electrons. The summed E-state index contributed by atoms with van der Waals surface area (Å²) in [5, 5.41) is 3.35. The first kappa shape index (κ1) is 17.1. The number of ether oxygens (including phenoxy) is 1. The number of benzene rings is 1. The number of hydrogen-bond donors (Lipinski definition) is 1. The Labute approximate surface area is 138 Å². The maximum atomic E-state index is 5.65. The third kappa shape index (κ3) is 4.84. The fourth-order valence-electron chi connectivity index (χ4n) is 2.27. The minimum atomic E-state index is 0.631. The van der Waals surface area contributed by atoms with Gasteiger partial charge in [0.05, 0.1) is 12.3 Å². The topological polar surface area (TPSA) is 50.3 Å². The van der Waals surface area contributed by atoms with Gasteiger partial charge in [-0.25, -0.2) is 4.98 Å². The van der Waals surface area contributed by atoms with Gasteiger partial charge in [0.25, 0.3) is 0 Å². The minimum Gasteiger partial charge on any atom is -0.492 e. The summed E-state index contributed by atoms with van der Waals surface area (Å²) in [5.74, 6) is 2.35. The highest BCUT2D eigenvalue weighted by molar-refractivity contribution is 5.64. The predicted molar refractivity (Wildman–Crippen MR) is 95.8 cm³/mol. The van der Waals surface area contributed by atoms with Crippen molar-refractivity contribution < 1.29 is 4.74 Å². The van der Waals surface area contributed by atoms with Gasteiger partial charge in [0.1, 0.15) is 11.6 Å². The van der Waals surface area contributed by atoms with Crippen LogP contribution in [0.4, 0.5) is 17.5 Å². The normalized spacial score (nSPS) is 10.4. The van der Waals surface area contributed by atoms with Crippen LogP contribution in [0.5, 0.6) is 5.75 Å². The lowest BCUT2D eigenvalue weighted by Crippen LogP contribution is -2.21. The van der Waals surface area contributed by atoms with Crippen LogP contribution in [0.3, 0.4) is 0 Å². The van der Waals surface area contributed by atoms with E-state index in [0.29, 0.717) is 6.61 Å². The third-order valence-corrected chi connectivity index (χ3v) is 3.48. The maximum absolute atomic E-state index is 5.65. The molecule has 2 aromatic rings. The van der Waals surface area contributed by atoms with Crippen LogP contribution in [0.1, 0.15) is 32.4 Å². The van der Waals surface area contributed by atoms with E-state index >= 15 is 0 Å². The Bertz CT molecular complexity index is 630. The monoisotopic (exact) mass is 314 g/mol. The van der Waals surface area contributed by atoms with Crippen LogP contribution in [-0.4, -0.2) is 30.2 Å². The highest BCUT2D eigenvalue weighted by Crippen LogP contribution is 2.27. The van der Waals surface area contributed by atoms with Gasteiger partial charge in [-0.1, -0.05) is 25.5 Å². The maximum Gasteiger partial charge on any atom is 0.227 e. The molecule has 0 bridgehead atoms. The minimum absolute atomic E-state index is 0.631. The number of hydrogen-bond acceptors (Lipinski definition) is 5. The summed E-state index contributed by atoms with van der Waals surface area (Å²) < 4.78 is 5.65. The molecule has 0 atom stereocenters. The zero-order valence-electron chi connectivity index (χ0n) is 14.5. The van der Waals surface area contributed by atoms with E-state index in [-0.39, 0.29) is 0 Å². The molecule has 1 N–H and O–H groups in total. The Hall–Kier alpha value is -2.30. The first-order valence-electron chi connectivity index (χ1n) is 8.19. The second-order valence-corrected chi connectivity index (χ2v) is 5.52. The summed E-state index contributed by atoms with van der Waals surface area (Å²) >= 11 is 0. The van der Waals surface area contributed by atoms with E-state index in [9.17, 15) is 0 Å². The summed E-state index contributed by atoms with van der Waals surface area (Å²) in [6.07, 6.45) is 2.28. The van der Waals surface area contributed by atoms with E-state index in [2.05, 4.69) is 27.1 Å². The molecule has 0 saturated carbocycles. The summed E-state index contributed by atoms with van der Waals surface area (Å²) in [4.78, 5) is 11.3. The van der Waals surface area contributed by atoms with Crippen molar-refractivity contribution in [2.75, 3.05) is 30.4 Å². The smallest absolute Gasteiger partial charge is 0.227 e. The van der Waals surface area contributed by atoms with Crippen molar-refractivity contribution in [2.24, 2.45) is 0 Å². The first-order chi connectivity index (χ1) is 11.1. The largest absolute Gasteiger partial charge is 0.492 e. The van der Waals surface area contributed by atoms with Crippen LogP contribution in [0, 0.1) is 6.92 Å². The number of nitrogens with zero attached hydrogens (tertiary/aromatic N) is 3. The third-order valence-electron chi connectivity index (χ3n) is 3.48. The van der Waals surface area contributed by atoms with Gasteiger partial charge in [0, 0.05) is 25.4 Å². The van der Waals surface area contributed by atoms with Crippen molar-refractivity contribution in [3.8, 4) is 5.75 Å². The van der Waals surface area contributed by atoms with Crippen LogP contribution in [-0.2, 0) is 0 Å². The van der Waals surface area contributed by atoms with Crippen LogP contribution in [0.15, 0.2) is 30.3 Å². The number of aromatic nitrogens is 2. The first-order valence-corrected chi connectivity index (χ1v) is 8.19. The van der Waals surface area contributed by atoms with Crippen molar-refractivity contribution in [2.45, 2.75) is 33.6 Å². The van der Waals surface area contributed by atoms with Gasteiger partial charge in [-0.2, -0.15) is 4.98 Å². The molecule has 0 amide bonds. The molecule has 1 aromatic heterocycles. The molecular formula is C18H26N4O. The van der Waals surface area contributed by atoms with Crippen LogP contribution >= 0.6 is 0 Å². The number of para-hydroxylation sites is 2. The summed E-state index contributed by atoms with van der Waals surface area (Å²) in [7, 11) is 2.03. The Morgan fingerprint density at radius 2 is 1.96 bits per heavy atom. The molecule has 0 saturated heterocycles. The Morgan fingerprint density at radius 1 is 1.17 bits per heavy atom. The Balaban J connectivity index is 2.22. The van der Waals surface area contributed by atoms with E-state index in [1.165, 1.54) is 0 Å². The van der Waals surface area contributed by atoms with E-state index in [0.717, 1.165) is 48.3 Å². The number of anilines is 3. The average Bonchev–Trinajstić information content (AvgIpc) is 2.54. The van der Waals surface area contributed by atoms with Crippen LogP contribution in [0.25, 0.3) is 0 Å². The zero-order valence-corrected chi connectivity index (χ0v) is 14.5. The van der Waals surface area contributed by atoms with E-state index in [1.54, 1.807) is 0 Å². The summed E-state index contributed by atoms with van der Waals surface area (Å²) in [6.45, 7) is 7.73. The quantitative estimate of drug-likeness (QED) is 0.792. The molecule has 0 unspecified atom stereocenters.